The highest BCUT2D eigenvalue weighted by Gasteiger charge is 2.22. The van der Waals surface area contributed by atoms with Crippen LogP contribution in [0.4, 0.5) is 4.39 Å². The molecule has 1 aromatic carbocycles. The van der Waals surface area contributed by atoms with Gasteiger partial charge in [0.15, 0.2) is 5.96 Å². The topological polar surface area (TPSA) is 53.6 Å². The van der Waals surface area contributed by atoms with Crippen LogP contribution in [0, 0.1) is 5.82 Å². The standard InChI is InChI=1S/C17H27FN4S/c1-2-22-10-5-7-15(22)12-21-17(19)20-9-11-23-13-14-6-3-4-8-16(14)18/h3-4,6,8,15H,2,5,7,9-13H2,1H3,(H3,19,20,21). The Balaban J connectivity index is 1.60. The lowest BCUT2D eigenvalue weighted by Gasteiger charge is -2.20. The molecule has 4 nitrogen and oxygen atoms in total. The Hall–Kier alpha value is -1.27. The molecule has 128 valence electrons. The number of benzene rings is 1. The fourth-order valence-corrected chi connectivity index (χ4v) is 3.67. The zero-order chi connectivity index (χ0) is 16.5. The number of hydrogen-bond acceptors (Lipinski definition) is 3. The highest BCUT2D eigenvalue weighted by molar-refractivity contribution is 7.98. The largest absolute Gasteiger partial charge is 0.370 e. The number of thioether (sulfide) groups is 1. The van der Waals surface area contributed by atoms with Gasteiger partial charge in [-0.15, -0.1) is 0 Å². The Kier molecular flexibility index (Phi) is 7.68. The zero-order valence-corrected chi connectivity index (χ0v) is 14.6. The molecule has 1 aromatic rings. The van der Waals surface area contributed by atoms with Crippen LogP contribution >= 0.6 is 11.8 Å². The number of halogens is 1. The summed E-state index contributed by atoms with van der Waals surface area (Å²) < 4.78 is 13.5. The lowest BCUT2D eigenvalue weighted by molar-refractivity contribution is 0.273. The summed E-state index contributed by atoms with van der Waals surface area (Å²) in [4.78, 5) is 6.91. The van der Waals surface area contributed by atoms with Crippen molar-refractivity contribution in [3.63, 3.8) is 0 Å². The molecule has 1 saturated heterocycles. The first-order valence-electron chi connectivity index (χ1n) is 8.29. The van der Waals surface area contributed by atoms with E-state index in [2.05, 4.69) is 22.1 Å². The maximum Gasteiger partial charge on any atom is 0.188 e. The van der Waals surface area contributed by atoms with E-state index in [4.69, 9.17) is 5.73 Å². The number of likely N-dealkylation sites (N-methyl/N-ethyl adjacent to an activating group) is 1. The molecule has 1 fully saturated rings. The number of nitrogens with two attached hydrogens (primary N) is 1. The third-order valence-electron chi connectivity index (χ3n) is 4.15. The maximum atomic E-state index is 13.5. The van der Waals surface area contributed by atoms with Crippen LogP contribution in [-0.2, 0) is 5.75 Å². The molecule has 2 rings (SSSR count). The van der Waals surface area contributed by atoms with E-state index in [9.17, 15) is 4.39 Å². The second-order valence-electron chi connectivity index (χ2n) is 5.72. The minimum Gasteiger partial charge on any atom is -0.370 e. The number of guanidine groups is 1. The van der Waals surface area contributed by atoms with E-state index in [-0.39, 0.29) is 5.82 Å². The van der Waals surface area contributed by atoms with Gasteiger partial charge < -0.3 is 11.1 Å². The number of nitrogens with zero attached hydrogens (tertiary/aromatic N) is 2. The van der Waals surface area contributed by atoms with Gasteiger partial charge in [0, 0.05) is 24.1 Å². The van der Waals surface area contributed by atoms with Crippen LogP contribution in [0.3, 0.4) is 0 Å². The van der Waals surface area contributed by atoms with Gasteiger partial charge in [0.2, 0.25) is 0 Å². The summed E-state index contributed by atoms with van der Waals surface area (Å²) >= 11 is 1.69. The van der Waals surface area contributed by atoms with Crippen molar-refractivity contribution in [1.82, 2.24) is 10.2 Å². The van der Waals surface area contributed by atoms with Crippen LogP contribution in [0.15, 0.2) is 29.3 Å². The van der Waals surface area contributed by atoms with Gasteiger partial charge >= 0.3 is 0 Å². The van der Waals surface area contributed by atoms with Gasteiger partial charge in [-0.05, 0) is 37.6 Å². The van der Waals surface area contributed by atoms with Gasteiger partial charge in [0.25, 0.3) is 0 Å². The second kappa shape index (κ2) is 9.78. The lowest BCUT2D eigenvalue weighted by atomic mass is 10.2. The molecule has 23 heavy (non-hydrogen) atoms. The van der Waals surface area contributed by atoms with E-state index < -0.39 is 0 Å². The molecule has 0 radical (unpaired) electrons. The quantitative estimate of drug-likeness (QED) is 0.434. The third-order valence-corrected chi connectivity index (χ3v) is 5.15. The first-order chi connectivity index (χ1) is 11.2. The van der Waals surface area contributed by atoms with Crippen molar-refractivity contribution in [2.45, 2.75) is 31.6 Å². The van der Waals surface area contributed by atoms with Gasteiger partial charge in [-0.3, -0.25) is 9.89 Å². The molecular formula is C17H27FN4S. The predicted molar refractivity (Wildman–Crippen MR) is 97.3 cm³/mol. The maximum absolute atomic E-state index is 13.5. The molecule has 0 spiro atoms. The lowest BCUT2D eigenvalue weighted by Crippen LogP contribution is -2.36. The van der Waals surface area contributed by atoms with Gasteiger partial charge in [-0.2, -0.15) is 11.8 Å². The summed E-state index contributed by atoms with van der Waals surface area (Å²) in [6, 6.07) is 7.45. The van der Waals surface area contributed by atoms with Crippen molar-refractivity contribution < 1.29 is 4.39 Å². The molecule has 1 aliphatic heterocycles. The van der Waals surface area contributed by atoms with E-state index in [1.165, 1.54) is 25.5 Å². The summed E-state index contributed by atoms with van der Waals surface area (Å²) in [5.74, 6) is 1.93. The fraction of sp³-hybridized carbons (Fsp3) is 0.588. The predicted octanol–water partition coefficient (Wildman–Crippen LogP) is 2.45. The monoisotopic (exact) mass is 338 g/mol. The van der Waals surface area contributed by atoms with Crippen molar-refractivity contribution >= 4 is 17.7 Å². The Bertz CT molecular complexity index is 509. The Morgan fingerprint density at radius 3 is 3.09 bits per heavy atom. The van der Waals surface area contributed by atoms with Crippen LogP contribution in [0.2, 0.25) is 0 Å². The van der Waals surface area contributed by atoms with Crippen molar-refractivity contribution in [2.24, 2.45) is 10.7 Å². The average molecular weight is 338 g/mol. The molecule has 1 atom stereocenters. The minimum absolute atomic E-state index is 0.133. The van der Waals surface area contributed by atoms with Gasteiger partial charge in [-0.25, -0.2) is 4.39 Å². The molecule has 1 unspecified atom stereocenters. The van der Waals surface area contributed by atoms with Crippen LogP contribution in [-0.4, -0.2) is 48.8 Å². The van der Waals surface area contributed by atoms with Gasteiger partial charge in [-0.1, -0.05) is 25.1 Å². The third kappa shape index (κ3) is 6.03. The highest BCUT2D eigenvalue weighted by Crippen LogP contribution is 2.16. The summed E-state index contributed by atoms with van der Waals surface area (Å²) in [7, 11) is 0. The minimum atomic E-state index is -0.133. The van der Waals surface area contributed by atoms with Crippen molar-refractivity contribution in [3.8, 4) is 0 Å². The molecule has 0 bridgehead atoms. The van der Waals surface area contributed by atoms with E-state index in [0.29, 0.717) is 17.8 Å². The Labute approximate surface area is 142 Å². The Morgan fingerprint density at radius 2 is 2.30 bits per heavy atom. The van der Waals surface area contributed by atoms with Crippen LogP contribution < -0.4 is 11.1 Å². The summed E-state index contributed by atoms with van der Waals surface area (Å²) in [6.45, 7) is 5.97. The van der Waals surface area contributed by atoms with Crippen molar-refractivity contribution in [1.29, 1.82) is 0 Å². The first-order valence-corrected chi connectivity index (χ1v) is 9.45. The SMILES string of the molecule is CCN1CCCC1CN=C(N)NCCSCc1ccccc1F. The summed E-state index contributed by atoms with van der Waals surface area (Å²) in [5.41, 5.74) is 6.66. The molecule has 1 aliphatic rings. The molecular weight excluding hydrogens is 311 g/mol. The molecule has 3 N–H and O–H groups in total. The number of likely N-dealkylation sites (tertiary alicyclic amines) is 1. The molecule has 0 saturated carbocycles. The number of hydrogen-bond donors (Lipinski definition) is 2. The zero-order valence-electron chi connectivity index (χ0n) is 13.8. The number of aliphatic imine (C=N–C) groups is 1. The first kappa shape index (κ1) is 18.1. The van der Waals surface area contributed by atoms with E-state index in [0.717, 1.165) is 31.0 Å². The molecule has 0 aromatic heterocycles. The van der Waals surface area contributed by atoms with E-state index in [1.54, 1.807) is 17.8 Å². The van der Waals surface area contributed by atoms with Crippen LogP contribution in [0.25, 0.3) is 0 Å². The summed E-state index contributed by atoms with van der Waals surface area (Å²) in [6.07, 6.45) is 2.47. The second-order valence-corrected chi connectivity index (χ2v) is 6.83. The van der Waals surface area contributed by atoms with Crippen molar-refractivity contribution in [2.75, 3.05) is 31.9 Å². The fourth-order valence-electron chi connectivity index (χ4n) is 2.83. The van der Waals surface area contributed by atoms with Crippen molar-refractivity contribution in [3.05, 3.63) is 35.6 Å². The van der Waals surface area contributed by atoms with Gasteiger partial charge in [0.05, 0.1) is 6.54 Å². The molecule has 6 heteroatoms. The summed E-state index contributed by atoms with van der Waals surface area (Å²) in [5, 5.41) is 3.13. The smallest absolute Gasteiger partial charge is 0.188 e. The average Bonchev–Trinajstić information content (AvgIpc) is 3.02. The Morgan fingerprint density at radius 1 is 1.48 bits per heavy atom. The molecule has 0 amide bonds. The van der Waals surface area contributed by atoms with Crippen LogP contribution in [0.5, 0.6) is 0 Å². The normalized spacial score (nSPS) is 19.2. The van der Waals surface area contributed by atoms with Crippen LogP contribution in [0.1, 0.15) is 25.3 Å². The van der Waals surface area contributed by atoms with E-state index >= 15 is 0 Å². The van der Waals surface area contributed by atoms with E-state index in [1.807, 2.05) is 12.1 Å². The number of nitrogens with one attached hydrogen (secondary N) is 1. The molecule has 1 heterocycles. The highest BCUT2D eigenvalue weighted by atomic mass is 32.2. The molecule has 0 aliphatic carbocycles. The number of rotatable bonds is 8. The van der Waals surface area contributed by atoms with Gasteiger partial charge in [0.1, 0.15) is 5.82 Å².